The van der Waals surface area contributed by atoms with Crippen LogP contribution in [0.15, 0.2) is 0 Å². The first-order valence-electron chi connectivity index (χ1n) is 2.15. The molecule has 8 heavy (non-hydrogen) atoms. The number of aliphatic hydroxyl groups is 2. The first-order chi connectivity index (χ1) is 2.71. The van der Waals surface area contributed by atoms with Crippen LogP contribution in [0.3, 0.4) is 0 Å². The molecule has 6 N–H and O–H groups in total. The summed E-state index contributed by atoms with van der Waals surface area (Å²) in [5.41, 5.74) is 0. The van der Waals surface area contributed by atoms with E-state index in [9.17, 15) is 0 Å². The van der Waals surface area contributed by atoms with E-state index < -0.39 is 5.79 Å². The molecular weight excluding hydrogens is 112 g/mol. The predicted octanol–water partition coefficient (Wildman–Crippen LogP) is -1.80. The molecule has 0 unspecified atom stereocenters. The summed E-state index contributed by atoms with van der Waals surface area (Å²) in [6, 6.07) is 0. The van der Waals surface area contributed by atoms with Crippen LogP contribution in [0.2, 0.25) is 0 Å². The van der Waals surface area contributed by atoms with E-state index in [0.29, 0.717) is 12.8 Å². The third kappa shape index (κ3) is 2.23. The van der Waals surface area contributed by atoms with E-state index in [0.717, 1.165) is 6.42 Å². The van der Waals surface area contributed by atoms with Crippen molar-refractivity contribution in [3.05, 3.63) is 0 Å². The minimum atomic E-state index is -1.28. The summed E-state index contributed by atoms with van der Waals surface area (Å²) in [6.07, 6.45) is 2.09. The van der Waals surface area contributed by atoms with Gasteiger partial charge in [-0.25, -0.2) is 0 Å². The van der Waals surface area contributed by atoms with Gasteiger partial charge in [0.15, 0.2) is 5.79 Å². The Kier molecular flexibility index (Phi) is 4.01. The van der Waals surface area contributed by atoms with Gasteiger partial charge in [0.2, 0.25) is 0 Å². The standard InChI is InChI=1S/C4H8O2.2H2O/c5-4(6)2-1-3-4;;/h5-6H,1-3H2;2*1H2. The molecule has 0 aromatic rings. The Morgan fingerprint density at radius 1 is 1.00 bits per heavy atom. The van der Waals surface area contributed by atoms with Crippen LogP contribution in [0, 0.1) is 0 Å². The van der Waals surface area contributed by atoms with Gasteiger partial charge in [-0.2, -0.15) is 0 Å². The second-order valence-electron chi connectivity index (χ2n) is 1.84. The van der Waals surface area contributed by atoms with E-state index in [4.69, 9.17) is 10.2 Å². The van der Waals surface area contributed by atoms with Gasteiger partial charge in [-0.3, -0.25) is 0 Å². The third-order valence-corrected chi connectivity index (χ3v) is 1.15. The lowest BCUT2D eigenvalue weighted by atomic mass is 9.92. The highest BCUT2D eigenvalue weighted by Gasteiger charge is 2.30. The summed E-state index contributed by atoms with van der Waals surface area (Å²) in [4.78, 5) is 0. The fourth-order valence-corrected chi connectivity index (χ4v) is 0.493. The van der Waals surface area contributed by atoms with Gasteiger partial charge in [0.1, 0.15) is 0 Å². The average molecular weight is 124 g/mol. The first-order valence-corrected chi connectivity index (χ1v) is 2.15. The molecule has 0 radical (unpaired) electrons. The van der Waals surface area contributed by atoms with Crippen molar-refractivity contribution in [2.75, 3.05) is 0 Å². The van der Waals surface area contributed by atoms with Gasteiger partial charge in [0.05, 0.1) is 0 Å². The van der Waals surface area contributed by atoms with Crippen LogP contribution in [-0.2, 0) is 0 Å². The van der Waals surface area contributed by atoms with Crippen LogP contribution in [0.5, 0.6) is 0 Å². The van der Waals surface area contributed by atoms with E-state index in [2.05, 4.69) is 0 Å². The summed E-state index contributed by atoms with van der Waals surface area (Å²) >= 11 is 0. The quantitative estimate of drug-likeness (QED) is 0.372. The highest BCUT2D eigenvalue weighted by molar-refractivity contribution is 4.74. The summed E-state index contributed by atoms with van der Waals surface area (Å²) in [7, 11) is 0. The Labute approximate surface area is 47.4 Å². The molecule has 0 bridgehead atoms. The maximum absolute atomic E-state index is 8.47. The molecule has 0 heterocycles. The molecule has 1 fully saturated rings. The Bertz CT molecular complexity index is 55.1. The molecular formula is C4H12O4. The summed E-state index contributed by atoms with van der Waals surface area (Å²) in [5.74, 6) is -1.28. The third-order valence-electron chi connectivity index (χ3n) is 1.15. The molecule has 1 saturated carbocycles. The van der Waals surface area contributed by atoms with Crippen molar-refractivity contribution in [2.45, 2.75) is 25.0 Å². The van der Waals surface area contributed by atoms with E-state index in [-0.39, 0.29) is 11.0 Å². The molecule has 0 saturated heterocycles. The maximum Gasteiger partial charge on any atom is 0.162 e. The van der Waals surface area contributed by atoms with Crippen molar-refractivity contribution >= 4 is 0 Å². The number of rotatable bonds is 0. The molecule has 52 valence electrons. The van der Waals surface area contributed by atoms with E-state index >= 15 is 0 Å². The Balaban J connectivity index is 0. The number of hydrogen-bond donors (Lipinski definition) is 2. The van der Waals surface area contributed by atoms with Gasteiger partial charge in [-0.05, 0) is 6.42 Å². The predicted molar refractivity (Wildman–Crippen MR) is 28.2 cm³/mol. The molecule has 1 aliphatic carbocycles. The van der Waals surface area contributed by atoms with E-state index in [1.54, 1.807) is 0 Å². The van der Waals surface area contributed by atoms with E-state index in [1.807, 2.05) is 0 Å². The van der Waals surface area contributed by atoms with E-state index in [1.165, 1.54) is 0 Å². The van der Waals surface area contributed by atoms with Crippen LogP contribution in [0.4, 0.5) is 0 Å². The Hall–Kier alpha value is -0.160. The van der Waals surface area contributed by atoms with Gasteiger partial charge >= 0.3 is 0 Å². The zero-order valence-corrected chi connectivity index (χ0v) is 4.52. The van der Waals surface area contributed by atoms with Gasteiger partial charge in [-0.1, -0.05) is 0 Å². The second kappa shape index (κ2) is 2.99. The van der Waals surface area contributed by atoms with Gasteiger partial charge in [0, 0.05) is 12.8 Å². The zero-order valence-electron chi connectivity index (χ0n) is 4.52. The van der Waals surface area contributed by atoms with Crippen LogP contribution >= 0.6 is 0 Å². The van der Waals surface area contributed by atoms with Gasteiger partial charge in [-0.15, -0.1) is 0 Å². The lowest BCUT2D eigenvalue weighted by molar-refractivity contribution is -0.210. The highest BCUT2D eigenvalue weighted by atomic mass is 16.5. The molecule has 1 rings (SSSR count). The molecule has 0 spiro atoms. The Morgan fingerprint density at radius 2 is 1.25 bits per heavy atom. The van der Waals surface area contributed by atoms with Crippen LogP contribution in [0.25, 0.3) is 0 Å². The monoisotopic (exact) mass is 124 g/mol. The van der Waals surface area contributed by atoms with Crippen molar-refractivity contribution in [3.63, 3.8) is 0 Å². The van der Waals surface area contributed by atoms with Crippen molar-refractivity contribution in [1.82, 2.24) is 0 Å². The molecule has 1 aliphatic rings. The van der Waals surface area contributed by atoms with Gasteiger partial charge in [0.25, 0.3) is 0 Å². The van der Waals surface area contributed by atoms with Crippen molar-refractivity contribution in [3.8, 4) is 0 Å². The largest absolute Gasteiger partial charge is 0.412 e. The fourth-order valence-electron chi connectivity index (χ4n) is 0.493. The van der Waals surface area contributed by atoms with Gasteiger partial charge < -0.3 is 21.2 Å². The summed E-state index contributed by atoms with van der Waals surface area (Å²) < 4.78 is 0. The summed E-state index contributed by atoms with van der Waals surface area (Å²) in [6.45, 7) is 0. The van der Waals surface area contributed by atoms with Crippen LogP contribution in [-0.4, -0.2) is 27.0 Å². The summed E-state index contributed by atoms with van der Waals surface area (Å²) in [5, 5.41) is 16.9. The normalized spacial score (nSPS) is 21.8. The average Bonchev–Trinajstić information content (AvgIpc) is 1.32. The number of hydrogen-bond acceptors (Lipinski definition) is 2. The molecule has 4 heteroatoms. The topological polar surface area (TPSA) is 103 Å². The molecule has 0 aliphatic heterocycles. The lowest BCUT2D eigenvalue weighted by Gasteiger charge is -2.29. The molecule has 0 aromatic heterocycles. The van der Waals surface area contributed by atoms with Crippen LogP contribution in [0.1, 0.15) is 19.3 Å². The lowest BCUT2D eigenvalue weighted by Crippen LogP contribution is -2.35. The minimum Gasteiger partial charge on any atom is -0.412 e. The zero-order chi connectivity index (χ0) is 4.62. The highest BCUT2D eigenvalue weighted by Crippen LogP contribution is 2.27. The second-order valence-corrected chi connectivity index (χ2v) is 1.84. The first kappa shape index (κ1) is 10.8. The Morgan fingerprint density at radius 3 is 1.25 bits per heavy atom. The maximum atomic E-state index is 8.47. The molecule has 4 nitrogen and oxygen atoms in total. The smallest absolute Gasteiger partial charge is 0.162 e. The molecule has 0 amide bonds. The van der Waals surface area contributed by atoms with Crippen molar-refractivity contribution in [1.29, 1.82) is 0 Å². The van der Waals surface area contributed by atoms with Crippen molar-refractivity contribution in [2.24, 2.45) is 0 Å². The molecule has 0 atom stereocenters. The molecule has 0 aromatic carbocycles. The fraction of sp³-hybridized carbons (Fsp3) is 1.00. The SMILES string of the molecule is O.O.OC1(O)CCC1. The van der Waals surface area contributed by atoms with Crippen LogP contribution < -0.4 is 0 Å². The van der Waals surface area contributed by atoms with Crippen molar-refractivity contribution < 1.29 is 21.2 Å². The minimum absolute atomic E-state index is 0.